The van der Waals surface area contributed by atoms with Crippen molar-refractivity contribution in [3.63, 3.8) is 0 Å². The number of nitrogens with zero attached hydrogens (tertiary/aromatic N) is 1. The summed E-state index contributed by atoms with van der Waals surface area (Å²) in [6.45, 7) is 7.88. The lowest BCUT2D eigenvalue weighted by molar-refractivity contribution is 0.245. The molecule has 0 radical (unpaired) electrons. The van der Waals surface area contributed by atoms with Gasteiger partial charge in [-0.15, -0.1) is 0 Å². The molecule has 3 rings (SSSR count). The Hall–Kier alpha value is -1.60. The Morgan fingerprint density at radius 3 is 2.29 bits per heavy atom. The van der Waals surface area contributed by atoms with Crippen molar-refractivity contribution in [3.8, 4) is 0 Å². The van der Waals surface area contributed by atoms with E-state index in [1.807, 2.05) is 0 Å². The highest BCUT2D eigenvalue weighted by Crippen LogP contribution is 2.20. The molecule has 0 saturated carbocycles. The Bertz CT molecular complexity index is 583. The minimum Gasteiger partial charge on any atom is -0.294 e. The van der Waals surface area contributed by atoms with Gasteiger partial charge in [0.15, 0.2) is 0 Å². The summed E-state index contributed by atoms with van der Waals surface area (Å²) in [6.07, 6.45) is 2.36. The number of fused-ring (bicyclic) bond motifs is 1. The van der Waals surface area contributed by atoms with Gasteiger partial charge in [-0.3, -0.25) is 4.90 Å². The first kappa shape index (κ1) is 14.3. The molecule has 2 aromatic rings. The van der Waals surface area contributed by atoms with E-state index < -0.39 is 0 Å². The molecule has 0 saturated heterocycles. The van der Waals surface area contributed by atoms with E-state index in [2.05, 4.69) is 67.3 Å². The molecule has 1 heteroatoms. The van der Waals surface area contributed by atoms with Gasteiger partial charge >= 0.3 is 0 Å². The van der Waals surface area contributed by atoms with Crippen molar-refractivity contribution in [1.82, 2.24) is 4.90 Å². The fourth-order valence-corrected chi connectivity index (χ4v) is 3.20. The normalized spacial score (nSPS) is 15.2. The van der Waals surface area contributed by atoms with Gasteiger partial charge in [-0.2, -0.15) is 0 Å². The van der Waals surface area contributed by atoms with E-state index in [0.29, 0.717) is 0 Å². The molecule has 21 heavy (non-hydrogen) atoms. The summed E-state index contributed by atoms with van der Waals surface area (Å²) in [5.74, 6) is 0.731. The Kier molecular flexibility index (Phi) is 4.40. The topological polar surface area (TPSA) is 3.24 Å². The van der Waals surface area contributed by atoms with Crippen molar-refractivity contribution in [1.29, 1.82) is 0 Å². The second-order valence-electron chi connectivity index (χ2n) is 6.64. The summed E-state index contributed by atoms with van der Waals surface area (Å²) in [5.41, 5.74) is 5.92. The fourth-order valence-electron chi connectivity index (χ4n) is 3.20. The Morgan fingerprint density at radius 1 is 0.905 bits per heavy atom. The number of benzene rings is 2. The highest BCUT2D eigenvalue weighted by Gasteiger charge is 2.15. The quantitative estimate of drug-likeness (QED) is 0.799. The van der Waals surface area contributed by atoms with E-state index in [4.69, 9.17) is 0 Å². The monoisotopic (exact) mass is 279 g/mol. The molecule has 1 nitrogen and oxygen atoms in total. The fraction of sp³-hybridized carbons (Fsp3) is 0.400. The zero-order chi connectivity index (χ0) is 14.7. The van der Waals surface area contributed by atoms with Crippen LogP contribution < -0.4 is 0 Å². The molecule has 1 heterocycles. The summed E-state index contributed by atoms with van der Waals surface area (Å²) in [4.78, 5) is 2.56. The largest absolute Gasteiger partial charge is 0.294 e. The second-order valence-corrected chi connectivity index (χ2v) is 6.64. The first-order chi connectivity index (χ1) is 10.2. The Labute approximate surface area is 128 Å². The summed E-state index contributed by atoms with van der Waals surface area (Å²) < 4.78 is 0. The Morgan fingerprint density at radius 2 is 1.57 bits per heavy atom. The molecule has 0 N–H and O–H groups in total. The summed E-state index contributed by atoms with van der Waals surface area (Å²) >= 11 is 0. The average molecular weight is 279 g/mol. The average Bonchev–Trinajstić information content (AvgIpc) is 2.49. The lowest BCUT2D eigenvalue weighted by Gasteiger charge is -2.28. The van der Waals surface area contributed by atoms with Gasteiger partial charge in [0.05, 0.1) is 0 Å². The number of hydrogen-bond acceptors (Lipinski definition) is 1. The molecule has 0 spiro atoms. The molecule has 1 aliphatic rings. The van der Waals surface area contributed by atoms with Crippen molar-refractivity contribution in [3.05, 3.63) is 70.8 Å². The SMILES string of the molecule is CC(C)Cc1ccc(CN2CCc3ccccc3C2)cc1. The molecule has 0 aliphatic carbocycles. The van der Waals surface area contributed by atoms with E-state index in [9.17, 15) is 0 Å². The standard InChI is InChI=1S/C20H25N/c1-16(2)13-17-7-9-18(10-8-17)14-21-12-11-19-5-3-4-6-20(19)15-21/h3-10,16H,11-15H2,1-2H3. The molecule has 110 valence electrons. The summed E-state index contributed by atoms with van der Waals surface area (Å²) in [5, 5.41) is 0. The van der Waals surface area contributed by atoms with Crippen LogP contribution in [0.25, 0.3) is 0 Å². The first-order valence-corrected chi connectivity index (χ1v) is 8.07. The molecule has 0 amide bonds. The molecular weight excluding hydrogens is 254 g/mol. The van der Waals surface area contributed by atoms with Crippen molar-refractivity contribution in [2.24, 2.45) is 5.92 Å². The Balaban J connectivity index is 1.62. The van der Waals surface area contributed by atoms with Gasteiger partial charge in [-0.1, -0.05) is 62.4 Å². The minimum absolute atomic E-state index is 0.731. The van der Waals surface area contributed by atoms with Crippen LogP contribution in [0.4, 0.5) is 0 Å². The van der Waals surface area contributed by atoms with E-state index in [-0.39, 0.29) is 0 Å². The van der Waals surface area contributed by atoms with Crippen LogP contribution in [0.5, 0.6) is 0 Å². The van der Waals surface area contributed by atoms with Gasteiger partial charge in [0.25, 0.3) is 0 Å². The third kappa shape index (κ3) is 3.74. The summed E-state index contributed by atoms with van der Waals surface area (Å²) in [7, 11) is 0. The van der Waals surface area contributed by atoms with E-state index in [1.165, 1.54) is 41.6 Å². The van der Waals surface area contributed by atoms with Crippen molar-refractivity contribution >= 4 is 0 Å². The van der Waals surface area contributed by atoms with E-state index in [1.54, 1.807) is 0 Å². The number of hydrogen-bond donors (Lipinski definition) is 0. The van der Waals surface area contributed by atoms with Crippen LogP contribution in [0.15, 0.2) is 48.5 Å². The first-order valence-electron chi connectivity index (χ1n) is 8.07. The molecular formula is C20H25N. The van der Waals surface area contributed by atoms with Crippen LogP contribution in [0.1, 0.15) is 36.1 Å². The number of rotatable bonds is 4. The molecule has 0 aromatic heterocycles. The lowest BCUT2D eigenvalue weighted by Crippen LogP contribution is -2.29. The highest BCUT2D eigenvalue weighted by molar-refractivity contribution is 5.29. The molecule has 0 bridgehead atoms. The van der Waals surface area contributed by atoms with Crippen molar-refractivity contribution in [2.75, 3.05) is 6.54 Å². The summed E-state index contributed by atoms with van der Waals surface area (Å²) in [6, 6.07) is 18.1. The minimum atomic E-state index is 0.731. The lowest BCUT2D eigenvalue weighted by atomic mass is 9.99. The van der Waals surface area contributed by atoms with E-state index >= 15 is 0 Å². The van der Waals surface area contributed by atoms with Gasteiger partial charge in [-0.25, -0.2) is 0 Å². The van der Waals surface area contributed by atoms with Crippen LogP contribution in [0.3, 0.4) is 0 Å². The van der Waals surface area contributed by atoms with Gasteiger partial charge in [0, 0.05) is 19.6 Å². The van der Waals surface area contributed by atoms with Crippen molar-refractivity contribution < 1.29 is 0 Å². The predicted octanol–water partition coefficient (Wildman–Crippen LogP) is 4.44. The van der Waals surface area contributed by atoms with Crippen LogP contribution >= 0.6 is 0 Å². The van der Waals surface area contributed by atoms with Gasteiger partial charge in [0.1, 0.15) is 0 Å². The van der Waals surface area contributed by atoms with Crippen LogP contribution in [-0.4, -0.2) is 11.4 Å². The van der Waals surface area contributed by atoms with Crippen LogP contribution in [0, 0.1) is 5.92 Å². The van der Waals surface area contributed by atoms with Gasteiger partial charge in [0.2, 0.25) is 0 Å². The third-order valence-corrected chi connectivity index (χ3v) is 4.28. The molecule has 0 unspecified atom stereocenters. The van der Waals surface area contributed by atoms with E-state index in [0.717, 1.165) is 19.0 Å². The maximum Gasteiger partial charge on any atom is 0.0240 e. The highest BCUT2D eigenvalue weighted by atomic mass is 15.1. The smallest absolute Gasteiger partial charge is 0.0240 e. The molecule has 1 aliphatic heterocycles. The van der Waals surface area contributed by atoms with Crippen LogP contribution in [0.2, 0.25) is 0 Å². The van der Waals surface area contributed by atoms with Gasteiger partial charge in [-0.05, 0) is 41.0 Å². The maximum absolute atomic E-state index is 2.56. The molecule has 0 fully saturated rings. The van der Waals surface area contributed by atoms with Crippen molar-refractivity contribution in [2.45, 2.75) is 39.8 Å². The molecule has 2 aromatic carbocycles. The second kappa shape index (κ2) is 6.44. The molecule has 0 atom stereocenters. The van der Waals surface area contributed by atoms with Crippen LogP contribution in [-0.2, 0) is 25.9 Å². The zero-order valence-electron chi connectivity index (χ0n) is 13.2. The third-order valence-electron chi connectivity index (χ3n) is 4.28. The zero-order valence-corrected chi connectivity index (χ0v) is 13.2. The maximum atomic E-state index is 2.56. The van der Waals surface area contributed by atoms with Gasteiger partial charge < -0.3 is 0 Å². The predicted molar refractivity (Wildman–Crippen MR) is 89.2 cm³/mol.